The minimum atomic E-state index is -2.81. The third-order valence-electron chi connectivity index (χ3n) is 3.06. The summed E-state index contributed by atoms with van der Waals surface area (Å²) in [6.45, 7) is 0. The minimum Gasteiger partial charge on any atom is -0.381 e. The lowest BCUT2D eigenvalue weighted by Gasteiger charge is -2.12. The van der Waals surface area contributed by atoms with Crippen LogP contribution in [0.3, 0.4) is 0 Å². The molecule has 1 N–H and O–H groups in total. The van der Waals surface area contributed by atoms with E-state index in [0.717, 1.165) is 5.69 Å². The van der Waals surface area contributed by atoms with E-state index in [9.17, 15) is 8.42 Å². The number of rotatable bonds is 2. The number of fused-ring (bicyclic) bond motifs is 1. The third-order valence-corrected chi connectivity index (χ3v) is 5.72. The number of benzene rings is 1. The third kappa shape index (κ3) is 2.30. The fourth-order valence-electron chi connectivity index (χ4n) is 2.20. The van der Waals surface area contributed by atoms with Gasteiger partial charge in [-0.3, -0.25) is 0 Å². The molecule has 2 aromatic rings. The fraction of sp³-hybridized carbons (Fsp3) is 0.333. The van der Waals surface area contributed by atoms with Crippen LogP contribution in [0, 0.1) is 0 Å². The lowest BCUT2D eigenvalue weighted by Crippen LogP contribution is -2.20. The van der Waals surface area contributed by atoms with Gasteiger partial charge in [-0.2, -0.15) is 0 Å². The average Bonchev–Trinajstić information content (AvgIpc) is 2.84. The molecule has 1 atom stereocenters. The first-order valence-electron chi connectivity index (χ1n) is 5.57. The molecule has 1 unspecified atom stereocenters. The van der Waals surface area contributed by atoms with Gasteiger partial charge in [0.25, 0.3) is 0 Å². The molecular formula is C12H13NO2S2. The molecule has 0 aliphatic carbocycles. The molecule has 1 aromatic heterocycles. The monoisotopic (exact) mass is 267 g/mol. The van der Waals surface area contributed by atoms with Crippen molar-refractivity contribution in [3.8, 4) is 0 Å². The summed E-state index contributed by atoms with van der Waals surface area (Å²) in [7, 11) is -2.81. The summed E-state index contributed by atoms with van der Waals surface area (Å²) in [4.78, 5) is 0. The van der Waals surface area contributed by atoms with Crippen LogP contribution in [-0.2, 0) is 9.84 Å². The molecule has 0 amide bonds. The maximum atomic E-state index is 11.4. The van der Waals surface area contributed by atoms with Crippen LogP contribution in [0.5, 0.6) is 0 Å². The van der Waals surface area contributed by atoms with Gasteiger partial charge in [-0.25, -0.2) is 8.42 Å². The van der Waals surface area contributed by atoms with Crippen molar-refractivity contribution in [3.05, 3.63) is 29.6 Å². The van der Waals surface area contributed by atoms with E-state index in [1.54, 1.807) is 11.3 Å². The molecule has 1 fully saturated rings. The highest BCUT2D eigenvalue weighted by Gasteiger charge is 2.27. The summed E-state index contributed by atoms with van der Waals surface area (Å²) in [5, 5.41) is 6.58. The standard InChI is InChI=1S/C12H13NO2S2/c14-17(15)6-4-11(8-17)13-10-1-2-12-9(7-10)3-5-16-12/h1-3,5,7,11,13H,4,6,8H2. The normalized spacial score (nSPS) is 22.9. The zero-order valence-corrected chi connectivity index (χ0v) is 10.9. The van der Waals surface area contributed by atoms with Crippen LogP contribution in [0.2, 0.25) is 0 Å². The molecule has 0 radical (unpaired) electrons. The molecule has 1 aliphatic rings. The van der Waals surface area contributed by atoms with Crippen molar-refractivity contribution in [3.63, 3.8) is 0 Å². The van der Waals surface area contributed by atoms with E-state index in [0.29, 0.717) is 12.2 Å². The van der Waals surface area contributed by atoms with Crippen LogP contribution in [0.25, 0.3) is 10.1 Å². The SMILES string of the molecule is O=S1(=O)CCC(Nc2ccc3sccc3c2)C1. The van der Waals surface area contributed by atoms with Crippen LogP contribution in [0.15, 0.2) is 29.6 Å². The molecule has 5 heteroatoms. The van der Waals surface area contributed by atoms with E-state index in [4.69, 9.17) is 0 Å². The van der Waals surface area contributed by atoms with Crippen molar-refractivity contribution in [1.82, 2.24) is 0 Å². The number of thiophene rings is 1. The highest BCUT2D eigenvalue weighted by atomic mass is 32.2. The fourth-order valence-corrected chi connectivity index (χ4v) is 4.65. The van der Waals surface area contributed by atoms with E-state index in [2.05, 4.69) is 28.9 Å². The summed E-state index contributed by atoms with van der Waals surface area (Å²) in [6.07, 6.45) is 0.712. The van der Waals surface area contributed by atoms with Gasteiger partial charge in [-0.05, 0) is 41.5 Å². The molecule has 0 saturated carbocycles. The van der Waals surface area contributed by atoms with Crippen LogP contribution in [0.4, 0.5) is 5.69 Å². The number of anilines is 1. The highest BCUT2D eigenvalue weighted by molar-refractivity contribution is 7.91. The van der Waals surface area contributed by atoms with Crippen molar-refractivity contribution < 1.29 is 8.42 Å². The summed E-state index contributed by atoms with van der Waals surface area (Å²) in [5.41, 5.74) is 1.01. The Labute approximate surface area is 104 Å². The molecule has 3 rings (SSSR count). The van der Waals surface area contributed by atoms with E-state index in [1.165, 1.54) is 10.1 Å². The molecule has 3 nitrogen and oxygen atoms in total. The predicted octanol–water partition coefficient (Wildman–Crippen LogP) is 2.50. The Morgan fingerprint density at radius 3 is 2.94 bits per heavy atom. The largest absolute Gasteiger partial charge is 0.381 e. The van der Waals surface area contributed by atoms with Gasteiger partial charge >= 0.3 is 0 Å². The molecule has 1 aliphatic heterocycles. The summed E-state index contributed by atoms with van der Waals surface area (Å²) in [5.74, 6) is 0.569. The van der Waals surface area contributed by atoms with E-state index < -0.39 is 9.84 Å². The van der Waals surface area contributed by atoms with Gasteiger partial charge in [0.1, 0.15) is 0 Å². The van der Waals surface area contributed by atoms with E-state index in [-0.39, 0.29) is 11.8 Å². The molecule has 0 spiro atoms. The lowest BCUT2D eigenvalue weighted by molar-refractivity contribution is 0.602. The van der Waals surface area contributed by atoms with E-state index >= 15 is 0 Å². The maximum absolute atomic E-state index is 11.4. The van der Waals surface area contributed by atoms with Gasteiger partial charge in [-0.1, -0.05) is 0 Å². The second-order valence-electron chi connectivity index (χ2n) is 4.42. The van der Waals surface area contributed by atoms with Crippen LogP contribution in [0.1, 0.15) is 6.42 Å². The van der Waals surface area contributed by atoms with Crippen molar-refractivity contribution in [1.29, 1.82) is 0 Å². The topological polar surface area (TPSA) is 46.2 Å². The Balaban J connectivity index is 1.81. The smallest absolute Gasteiger partial charge is 0.152 e. The van der Waals surface area contributed by atoms with Gasteiger partial charge in [0.05, 0.1) is 11.5 Å². The first kappa shape index (κ1) is 11.0. The van der Waals surface area contributed by atoms with Crippen molar-refractivity contribution in [2.45, 2.75) is 12.5 Å². The Morgan fingerprint density at radius 1 is 1.29 bits per heavy atom. The minimum absolute atomic E-state index is 0.0658. The Kier molecular flexibility index (Phi) is 2.60. The van der Waals surface area contributed by atoms with Gasteiger partial charge in [0.15, 0.2) is 9.84 Å². The highest BCUT2D eigenvalue weighted by Crippen LogP contribution is 2.25. The van der Waals surface area contributed by atoms with Gasteiger partial charge in [0, 0.05) is 16.4 Å². The summed E-state index contributed by atoms with van der Waals surface area (Å²) in [6, 6.07) is 8.32. The maximum Gasteiger partial charge on any atom is 0.152 e. The molecule has 1 saturated heterocycles. The molecule has 2 heterocycles. The lowest BCUT2D eigenvalue weighted by atomic mass is 10.2. The predicted molar refractivity (Wildman–Crippen MR) is 72.5 cm³/mol. The first-order valence-corrected chi connectivity index (χ1v) is 8.27. The molecule has 1 aromatic carbocycles. The van der Waals surface area contributed by atoms with Crippen molar-refractivity contribution >= 4 is 36.9 Å². The van der Waals surface area contributed by atoms with Crippen molar-refractivity contribution in [2.75, 3.05) is 16.8 Å². The number of hydrogen-bond donors (Lipinski definition) is 1. The second kappa shape index (κ2) is 3.99. The van der Waals surface area contributed by atoms with Crippen LogP contribution >= 0.6 is 11.3 Å². The Bertz CT molecular complexity index is 645. The Hall–Kier alpha value is -1.07. The molecule has 0 bridgehead atoms. The zero-order chi connectivity index (χ0) is 11.9. The van der Waals surface area contributed by atoms with E-state index in [1.807, 2.05) is 6.07 Å². The van der Waals surface area contributed by atoms with Gasteiger partial charge < -0.3 is 5.32 Å². The number of sulfone groups is 1. The summed E-state index contributed by atoms with van der Waals surface area (Å²) < 4.78 is 24.0. The van der Waals surface area contributed by atoms with Crippen LogP contribution < -0.4 is 5.32 Å². The quantitative estimate of drug-likeness (QED) is 0.909. The molecule has 17 heavy (non-hydrogen) atoms. The van der Waals surface area contributed by atoms with Crippen LogP contribution in [-0.4, -0.2) is 26.0 Å². The van der Waals surface area contributed by atoms with Gasteiger partial charge in [-0.15, -0.1) is 11.3 Å². The number of nitrogens with one attached hydrogen (secondary N) is 1. The molecular weight excluding hydrogens is 254 g/mol. The molecule has 90 valence electrons. The zero-order valence-electron chi connectivity index (χ0n) is 9.22. The first-order chi connectivity index (χ1) is 8.12. The average molecular weight is 267 g/mol. The second-order valence-corrected chi connectivity index (χ2v) is 7.59. The number of hydrogen-bond acceptors (Lipinski definition) is 4. The van der Waals surface area contributed by atoms with Crippen molar-refractivity contribution in [2.24, 2.45) is 0 Å². The summed E-state index contributed by atoms with van der Waals surface area (Å²) >= 11 is 1.71. The Morgan fingerprint density at radius 2 is 2.18 bits per heavy atom. The van der Waals surface area contributed by atoms with Gasteiger partial charge in [0.2, 0.25) is 0 Å².